The molecule has 6 heteroatoms. The van der Waals surface area contributed by atoms with E-state index in [1.807, 2.05) is 30.3 Å². The molecule has 0 unspecified atom stereocenters. The SMILES string of the molecule is CCOC(=O)/C=C/Sc1nc(Cc2ccccc2)cc(=O)[nH]1. The summed E-state index contributed by atoms with van der Waals surface area (Å²) in [7, 11) is 0. The van der Waals surface area contributed by atoms with E-state index in [0.717, 1.165) is 5.56 Å². The third-order valence-corrected chi connectivity index (χ3v) is 3.36. The van der Waals surface area contributed by atoms with Crippen LogP contribution in [0.1, 0.15) is 18.2 Å². The van der Waals surface area contributed by atoms with Gasteiger partial charge in [-0.15, -0.1) is 0 Å². The van der Waals surface area contributed by atoms with Gasteiger partial charge in [-0.05, 0) is 17.9 Å². The van der Waals surface area contributed by atoms with E-state index in [2.05, 4.69) is 9.97 Å². The minimum atomic E-state index is -0.419. The molecule has 1 N–H and O–H groups in total. The van der Waals surface area contributed by atoms with Crippen molar-refractivity contribution in [2.45, 2.75) is 18.5 Å². The standard InChI is InChI=1S/C16H16N2O3S/c1-2-21-15(20)8-9-22-16-17-13(11-14(19)18-16)10-12-6-4-3-5-7-12/h3-9,11H,2,10H2,1H3,(H,17,18,19)/b9-8+. The third kappa shape index (κ3) is 5.21. The lowest BCUT2D eigenvalue weighted by atomic mass is 10.1. The Bertz CT molecular complexity index is 711. The van der Waals surface area contributed by atoms with Gasteiger partial charge in [0.15, 0.2) is 5.16 Å². The number of rotatable bonds is 6. The number of hydrogen-bond acceptors (Lipinski definition) is 5. The van der Waals surface area contributed by atoms with Crippen LogP contribution in [0.2, 0.25) is 0 Å². The van der Waals surface area contributed by atoms with Crippen LogP contribution < -0.4 is 5.56 Å². The topological polar surface area (TPSA) is 72.0 Å². The number of aromatic amines is 1. The van der Waals surface area contributed by atoms with Gasteiger partial charge >= 0.3 is 5.97 Å². The van der Waals surface area contributed by atoms with Crippen LogP contribution in [0.5, 0.6) is 0 Å². The molecular weight excluding hydrogens is 300 g/mol. The Morgan fingerprint density at radius 3 is 2.86 bits per heavy atom. The molecule has 0 aliphatic heterocycles. The zero-order chi connectivity index (χ0) is 15.8. The highest BCUT2D eigenvalue weighted by Crippen LogP contribution is 2.14. The van der Waals surface area contributed by atoms with E-state index in [1.54, 1.807) is 12.3 Å². The van der Waals surface area contributed by atoms with Crippen LogP contribution in [0.4, 0.5) is 0 Å². The quantitative estimate of drug-likeness (QED) is 0.384. The molecule has 0 aliphatic rings. The Kier molecular flexibility index (Phi) is 5.97. The van der Waals surface area contributed by atoms with Gasteiger partial charge in [-0.2, -0.15) is 0 Å². The molecule has 0 saturated heterocycles. The van der Waals surface area contributed by atoms with Crippen molar-refractivity contribution in [2.24, 2.45) is 0 Å². The minimum Gasteiger partial charge on any atom is -0.463 e. The Hall–Kier alpha value is -2.34. The fraction of sp³-hybridized carbons (Fsp3) is 0.188. The zero-order valence-electron chi connectivity index (χ0n) is 12.1. The maximum absolute atomic E-state index is 11.7. The number of nitrogens with zero attached hydrogens (tertiary/aromatic N) is 1. The zero-order valence-corrected chi connectivity index (χ0v) is 12.9. The van der Waals surface area contributed by atoms with E-state index in [1.165, 1.54) is 23.9 Å². The van der Waals surface area contributed by atoms with Crippen molar-refractivity contribution in [2.75, 3.05) is 6.61 Å². The molecule has 0 aliphatic carbocycles. The van der Waals surface area contributed by atoms with Crippen LogP contribution in [-0.2, 0) is 16.0 Å². The van der Waals surface area contributed by atoms with Gasteiger partial charge < -0.3 is 9.72 Å². The van der Waals surface area contributed by atoms with Gasteiger partial charge in [0, 0.05) is 18.6 Å². The number of aromatic nitrogens is 2. The summed E-state index contributed by atoms with van der Waals surface area (Å²) < 4.78 is 4.77. The molecule has 0 spiro atoms. The molecule has 114 valence electrons. The summed E-state index contributed by atoms with van der Waals surface area (Å²) in [4.78, 5) is 29.9. The van der Waals surface area contributed by atoms with Gasteiger partial charge in [0.2, 0.25) is 0 Å². The van der Waals surface area contributed by atoms with Crippen molar-refractivity contribution >= 4 is 17.7 Å². The van der Waals surface area contributed by atoms with Crippen LogP contribution in [0.15, 0.2) is 57.8 Å². The number of hydrogen-bond donors (Lipinski definition) is 1. The lowest BCUT2D eigenvalue weighted by Gasteiger charge is -2.02. The molecule has 2 aromatic rings. The first-order chi connectivity index (χ1) is 10.7. The van der Waals surface area contributed by atoms with Crippen molar-refractivity contribution in [3.05, 3.63) is 69.5 Å². The summed E-state index contributed by atoms with van der Waals surface area (Å²) in [6.07, 6.45) is 1.89. The van der Waals surface area contributed by atoms with Crippen LogP contribution in [0.3, 0.4) is 0 Å². The van der Waals surface area contributed by atoms with E-state index in [-0.39, 0.29) is 5.56 Å². The maximum Gasteiger partial charge on any atom is 0.331 e. The Morgan fingerprint density at radius 1 is 1.36 bits per heavy atom. The number of benzene rings is 1. The van der Waals surface area contributed by atoms with Gasteiger partial charge in [0.25, 0.3) is 5.56 Å². The second kappa shape index (κ2) is 8.19. The summed E-state index contributed by atoms with van der Waals surface area (Å²) in [5, 5.41) is 1.99. The summed E-state index contributed by atoms with van der Waals surface area (Å²) in [5.41, 5.74) is 1.55. The van der Waals surface area contributed by atoms with Gasteiger partial charge in [0.05, 0.1) is 12.3 Å². The Labute approximate surface area is 132 Å². The molecule has 0 amide bonds. The average Bonchev–Trinajstić information content (AvgIpc) is 2.48. The highest BCUT2D eigenvalue weighted by molar-refractivity contribution is 8.02. The maximum atomic E-state index is 11.7. The first kappa shape index (κ1) is 16.0. The fourth-order valence-corrected chi connectivity index (χ4v) is 2.42. The van der Waals surface area contributed by atoms with E-state index in [9.17, 15) is 9.59 Å². The number of ether oxygens (including phenoxy) is 1. The number of esters is 1. The predicted octanol–water partition coefficient (Wildman–Crippen LogP) is 2.53. The molecule has 1 heterocycles. The summed E-state index contributed by atoms with van der Waals surface area (Å²) in [5.74, 6) is -0.419. The van der Waals surface area contributed by atoms with Gasteiger partial charge in [-0.1, -0.05) is 42.1 Å². The van der Waals surface area contributed by atoms with E-state index in [4.69, 9.17) is 4.74 Å². The molecule has 0 atom stereocenters. The number of carbonyl (C=O) groups excluding carboxylic acids is 1. The van der Waals surface area contributed by atoms with Crippen molar-refractivity contribution in [3.63, 3.8) is 0 Å². The molecule has 1 aromatic heterocycles. The molecule has 5 nitrogen and oxygen atoms in total. The predicted molar refractivity (Wildman–Crippen MR) is 85.7 cm³/mol. The second-order valence-electron chi connectivity index (χ2n) is 4.38. The Balaban J connectivity index is 2.07. The lowest BCUT2D eigenvalue weighted by Crippen LogP contribution is -2.10. The fourth-order valence-electron chi connectivity index (χ4n) is 1.78. The van der Waals surface area contributed by atoms with Crippen LogP contribution in [0, 0.1) is 0 Å². The largest absolute Gasteiger partial charge is 0.463 e. The first-order valence-corrected chi connectivity index (χ1v) is 7.69. The number of nitrogens with one attached hydrogen (secondary N) is 1. The van der Waals surface area contributed by atoms with Crippen molar-refractivity contribution in [3.8, 4) is 0 Å². The first-order valence-electron chi connectivity index (χ1n) is 6.81. The van der Waals surface area contributed by atoms with Gasteiger partial charge in [0.1, 0.15) is 0 Å². The van der Waals surface area contributed by atoms with Crippen molar-refractivity contribution in [1.82, 2.24) is 9.97 Å². The van der Waals surface area contributed by atoms with Crippen LogP contribution in [-0.4, -0.2) is 22.5 Å². The number of thioether (sulfide) groups is 1. The third-order valence-electron chi connectivity index (χ3n) is 2.67. The summed E-state index contributed by atoms with van der Waals surface area (Å²) in [6, 6.07) is 11.3. The van der Waals surface area contributed by atoms with Gasteiger partial charge in [-0.3, -0.25) is 4.79 Å². The average molecular weight is 316 g/mol. The molecule has 22 heavy (non-hydrogen) atoms. The Morgan fingerprint density at radius 2 is 2.14 bits per heavy atom. The molecule has 0 radical (unpaired) electrons. The molecular formula is C16H16N2O3S. The molecule has 0 fully saturated rings. The van der Waals surface area contributed by atoms with Crippen molar-refractivity contribution < 1.29 is 9.53 Å². The monoisotopic (exact) mass is 316 g/mol. The smallest absolute Gasteiger partial charge is 0.331 e. The minimum absolute atomic E-state index is 0.215. The van der Waals surface area contributed by atoms with E-state index in [0.29, 0.717) is 23.9 Å². The number of H-pyrrole nitrogens is 1. The second-order valence-corrected chi connectivity index (χ2v) is 5.27. The summed E-state index contributed by atoms with van der Waals surface area (Å²) >= 11 is 1.17. The highest BCUT2D eigenvalue weighted by Gasteiger charge is 2.03. The molecule has 0 bridgehead atoms. The molecule has 1 aromatic carbocycles. The summed E-state index contributed by atoms with van der Waals surface area (Å²) in [6.45, 7) is 2.07. The molecule has 0 saturated carbocycles. The van der Waals surface area contributed by atoms with E-state index < -0.39 is 5.97 Å². The van der Waals surface area contributed by atoms with Crippen LogP contribution in [0.25, 0.3) is 0 Å². The molecule has 2 rings (SSSR count). The van der Waals surface area contributed by atoms with Crippen LogP contribution >= 0.6 is 11.8 Å². The normalized spacial score (nSPS) is 10.8. The van der Waals surface area contributed by atoms with Gasteiger partial charge in [-0.25, -0.2) is 9.78 Å². The lowest BCUT2D eigenvalue weighted by molar-refractivity contribution is -0.137. The number of carbonyl (C=O) groups is 1. The van der Waals surface area contributed by atoms with Crippen molar-refractivity contribution in [1.29, 1.82) is 0 Å². The highest BCUT2D eigenvalue weighted by atomic mass is 32.2. The van der Waals surface area contributed by atoms with E-state index >= 15 is 0 Å².